The Balaban J connectivity index is 2.16. The molecule has 0 aliphatic rings. The van der Waals surface area contributed by atoms with E-state index in [4.69, 9.17) is 4.74 Å². The number of pyridine rings is 2. The van der Waals surface area contributed by atoms with Crippen molar-refractivity contribution in [2.45, 2.75) is 20.5 Å². The van der Waals surface area contributed by atoms with E-state index >= 15 is 0 Å². The lowest BCUT2D eigenvalue weighted by molar-refractivity contribution is -0.140. The highest BCUT2D eigenvalue weighted by molar-refractivity contribution is 5.86. The molecular weight excluding hydrogens is 252 g/mol. The van der Waals surface area contributed by atoms with Crippen molar-refractivity contribution in [2.24, 2.45) is 0 Å². The van der Waals surface area contributed by atoms with Gasteiger partial charge >= 0.3 is 5.97 Å². The number of carbonyl (C=O) groups is 1. The molecular formula is C16H16N2O2. The van der Waals surface area contributed by atoms with Crippen LogP contribution in [0.1, 0.15) is 18.3 Å². The Morgan fingerprint density at radius 3 is 2.45 bits per heavy atom. The number of aryl methyl sites for hydroxylation is 1. The Hall–Kier alpha value is -2.49. The third kappa shape index (κ3) is 3.51. The summed E-state index contributed by atoms with van der Waals surface area (Å²) in [6.07, 6.45) is 0. The van der Waals surface area contributed by atoms with Crippen LogP contribution in [0.5, 0.6) is 0 Å². The maximum atomic E-state index is 11.4. The fourth-order valence-electron chi connectivity index (χ4n) is 1.65. The van der Waals surface area contributed by atoms with Gasteiger partial charge in [0.1, 0.15) is 6.61 Å². The van der Waals surface area contributed by atoms with E-state index < -0.39 is 5.97 Å². The van der Waals surface area contributed by atoms with Gasteiger partial charge in [0.15, 0.2) is 0 Å². The Morgan fingerprint density at radius 1 is 1.15 bits per heavy atom. The van der Waals surface area contributed by atoms with Crippen LogP contribution in [0, 0.1) is 6.92 Å². The molecule has 0 aromatic carbocycles. The standard InChI is InChI=1S/C16H16N2O2/c1-11(2)16(19)20-10-13-7-5-9-15(18-13)14-8-4-6-12(3)17-14/h4-9H,1,10H2,2-3H3. The topological polar surface area (TPSA) is 52.1 Å². The van der Waals surface area contributed by atoms with Gasteiger partial charge in [0.05, 0.1) is 17.1 Å². The van der Waals surface area contributed by atoms with Crippen molar-refractivity contribution >= 4 is 5.97 Å². The van der Waals surface area contributed by atoms with Crippen molar-refractivity contribution < 1.29 is 9.53 Å². The molecule has 2 aromatic heterocycles. The predicted molar refractivity (Wildman–Crippen MR) is 76.8 cm³/mol. The SMILES string of the molecule is C=C(C)C(=O)OCc1cccc(-c2cccc(C)n2)n1. The molecule has 0 unspecified atom stereocenters. The Kier molecular flexibility index (Phi) is 4.25. The summed E-state index contributed by atoms with van der Waals surface area (Å²) in [6, 6.07) is 11.3. The zero-order chi connectivity index (χ0) is 14.5. The van der Waals surface area contributed by atoms with Gasteiger partial charge in [-0.1, -0.05) is 18.7 Å². The Labute approximate surface area is 118 Å². The highest BCUT2D eigenvalue weighted by Crippen LogP contribution is 2.15. The lowest BCUT2D eigenvalue weighted by Crippen LogP contribution is -2.06. The maximum Gasteiger partial charge on any atom is 0.333 e. The first-order valence-corrected chi connectivity index (χ1v) is 6.29. The quantitative estimate of drug-likeness (QED) is 0.631. The molecule has 0 aliphatic carbocycles. The van der Waals surface area contributed by atoms with Crippen LogP contribution in [0.3, 0.4) is 0 Å². The van der Waals surface area contributed by atoms with Gasteiger partial charge in [0.25, 0.3) is 0 Å². The van der Waals surface area contributed by atoms with Gasteiger partial charge in [-0.2, -0.15) is 0 Å². The third-order valence-corrected chi connectivity index (χ3v) is 2.66. The van der Waals surface area contributed by atoms with E-state index in [1.807, 2.05) is 43.3 Å². The van der Waals surface area contributed by atoms with Crippen LogP contribution in [0.15, 0.2) is 48.6 Å². The maximum absolute atomic E-state index is 11.4. The minimum atomic E-state index is -0.411. The zero-order valence-electron chi connectivity index (χ0n) is 11.6. The summed E-state index contributed by atoms with van der Waals surface area (Å²) in [5.74, 6) is -0.411. The van der Waals surface area contributed by atoms with Crippen molar-refractivity contribution in [3.8, 4) is 11.4 Å². The summed E-state index contributed by atoms with van der Waals surface area (Å²) < 4.78 is 5.08. The summed E-state index contributed by atoms with van der Waals surface area (Å²) in [5.41, 5.74) is 3.56. The molecule has 4 nitrogen and oxygen atoms in total. The van der Waals surface area contributed by atoms with Gasteiger partial charge in [-0.25, -0.2) is 9.78 Å². The molecule has 0 saturated carbocycles. The molecule has 20 heavy (non-hydrogen) atoms. The van der Waals surface area contributed by atoms with Crippen molar-refractivity contribution in [2.75, 3.05) is 0 Å². The molecule has 2 heterocycles. The van der Waals surface area contributed by atoms with Crippen LogP contribution in [-0.2, 0) is 16.1 Å². The Bertz CT molecular complexity index is 650. The van der Waals surface area contributed by atoms with E-state index in [9.17, 15) is 4.79 Å². The number of aromatic nitrogens is 2. The third-order valence-electron chi connectivity index (χ3n) is 2.66. The average molecular weight is 268 g/mol. The van der Waals surface area contributed by atoms with Gasteiger partial charge in [0.2, 0.25) is 0 Å². The van der Waals surface area contributed by atoms with E-state index in [0.717, 1.165) is 17.1 Å². The second kappa shape index (κ2) is 6.10. The molecule has 2 aromatic rings. The molecule has 0 radical (unpaired) electrons. The smallest absolute Gasteiger partial charge is 0.333 e. The molecule has 0 atom stereocenters. The second-order valence-electron chi connectivity index (χ2n) is 4.53. The van der Waals surface area contributed by atoms with Crippen molar-refractivity contribution in [1.29, 1.82) is 0 Å². The van der Waals surface area contributed by atoms with Crippen LogP contribution in [-0.4, -0.2) is 15.9 Å². The number of ether oxygens (including phenoxy) is 1. The number of esters is 1. The number of rotatable bonds is 4. The molecule has 0 spiro atoms. The summed E-state index contributed by atoms with van der Waals surface area (Å²) in [5, 5.41) is 0. The Morgan fingerprint density at radius 2 is 1.80 bits per heavy atom. The van der Waals surface area contributed by atoms with Crippen LogP contribution < -0.4 is 0 Å². The number of nitrogens with zero attached hydrogens (tertiary/aromatic N) is 2. The van der Waals surface area contributed by atoms with Gasteiger partial charge < -0.3 is 4.74 Å². The molecule has 0 aliphatic heterocycles. The summed E-state index contributed by atoms with van der Waals surface area (Å²) >= 11 is 0. The van der Waals surface area contributed by atoms with Crippen molar-refractivity contribution in [1.82, 2.24) is 9.97 Å². The lowest BCUT2D eigenvalue weighted by Gasteiger charge is -2.06. The number of carbonyl (C=O) groups excluding carboxylic acids is 1. The summed E-state index contributed by atoms with van der Waals surface area (Å²) in [7, 11) is 0. The van der Waals surface area contributed by atoms with Gasteiger partial charge in [-0.3, -0.25) is 4.98 Å². The summed E-state index contributed by atoms with van der Waals surface area (Å²) in [6.45, 7) is 7.21. The number of hydrogen-bond donors (Lipinski definition) is 0. The molecule has 102 valence electrons. The molecule has 2 rings (SSSR count). The average Bonchev–Trinajstić information content (AvgIpc) is 2.45. The first-order valence-electron chi connectivity index (χ1n) is 6.29. The first kappa shape index (κ1) is 13.9. The highest BCUT2D eigenvalue weighted by Gasteiger charge is 2.06. The van der Waals surface area contributed by atoms with E-state index in [2.05, 4.69) is 16.5 Å². The molecule has 0 amide bonds. The lowest BCUT2D eigenvalue weighted by atomic mass is 10.2. The van der Waals surface area contributed by atoms with Crippen LogP contribution in [0.4, 0.5) is 0 Å². The highest BCUT2D eigenvalue weighted by atomic mass is 16.5. The minimum absolute atomic E-state index is 0.130. The minimum Gasteiger partial charge on any atom is -0.456 e. The van der Waals surface area contributed by atoms with E-state index in [1.54, 1.807) is 6.92 Å². The van der Waals surface area contributed by atoms with Crippen LogP contribution in [0.25, 0.3) is 11.4 Å². The monoisotopic (exact) mass is 268 g/mol. The first-order chi connectivity index (χ1) is 9.56. The van der Waals surface area contributed by atoms with Gasteiger partial charge in [-0.05, 0) is 38.1 Å². The van der Waals surface area contributed by atoms with E-state index in [-0.39, 0.29) is 6.61 Å². The van der Waals surface area contributed by atoms with Gasteiger partial charge in [-0.15, -0.1) is 0 Å². The van der Waals surface area contributed by atoms with Crippen molar-refractivity contribution in [3.05, 3.63) is 59.9 Å². The largest absolute Gasteiger partial charge is 0.456 e. The van der Waals surface area contributed by atoms with Crippen LogP contribution in [0.2, 0.25) is 0 Å². The van der Waals surface area contributed by atoms with E-state index in [0.29, 0.717) is 11.3 Å². The number of hydrogen-bond acceptors (Lipinski definition) is 4. The fraction of sp³-hybridized carbons (Fsp3) is 0.188. The fourth-order valence-corrected chi connectivity index (χ4v) is 1.65. The van der Waals surface area contributed by atoms with Gasteiger partial charge in [0, 0.05) is 11.3 Å². The van der Waals surface area contributed by atoms with Crippen LogP contribution >= 0.6 is 0 Å². The van der Waals surface area contributed by atoms with Crippen molar-refractivity contribution in [3.63, 3.8) is 0 Å². The van der Waals surface area contributed by atoms with E-state index in [1.165, 1.54) is 0 Å². The normalized spacial score (nSPS) is 10.1. The molecule has 0 N–H and O–H groups in total. The molecule has 0 saturated heterocycles. The molecule has 0 bridgehead atoms. The molecule has 4 heteroatoms. The molecule has 0 fully saturated rings. The second-order valence-corrected chi connectivity index (χ2v) is 4.53. The summed E-state index contributed by atoms with van der Waals surface area (Å²) in [4.78, 5) is 20.2. The predicted octanol–water partition coefficient (Wildman–Crippen LogP) is 3.07. The zero-order valence-corrected chi connectivity index (χ0v) is 11.6.